The number of hydrogen-bond acceptors (Lipinski definition) is 2. The highest BCUT2D eigenvalue weighted by Crippen LogP contribution is 2.48. The topological polar surface area (TPSA) is 58.2 Å². The SMILES string of the molecule is C=C(F)C(=O)Nc1ccc2c(c1)C1(CCCCC1)C(=O)N2. The molecule has 1 fully saturated rings. The molecule has 1 saturated carbocycles. The summed E-state index contributed by atoms with van der Waals surface area (Å²) in [7, 11) is 0. The third-order valence-corrected chi connectivity index (χ3v) is 4.43. The Bertz CT molecular complexity index is 633. The van der Waals surface area contributed by atoms with Gasteiger partial charge in [-0.2, -0.15) is 0 Å². The molecule has 0 unspecified atom stereocenters. The zero-order chi connectivity index (χ0) is 15.0. The monoisotopic (exact) mass is 288 g/mol. The lowest BCUT2D eigenvalue weighted by Gasteiger charge is -2.31. The first-order valence-corrected chi connectivity index (χ1v) is 7.15. The van der Waals surface area contributed by atoms with E-state index in [-0.39, 0.29) is 5.91 Å². The number of benzene rings is 1. The van der Waals surface area contributed by atoms with E-state index in [9.17, 15) is 14.0 Å². The lowest BCUT2D eigenvalue weighted by molar-refractivity contribution is -0.122. The second-order valence-electron chi connectivity index (χ2n) is 5.72. The maximum Gasteiger partial charge on any atom is 0.283 e. The number of rotatable bonds is 2. The summed E-state index contributed by atoms with van der Waals surface area (Å²) in [4.78, 5) is 23.8. The Morgan fingerprint density at radius 1 is 1.29 bits per heavy atom. The van der Waals surface area contributed by atoms with Crippen LogP contribution >= 0.6 is 0 Å². The summed E-state index contributed by atoms with van der Waals surface area (Å²) < 4.78 is 12.8. The number of amides is 2. The van der Waals surface area contributed by atoms with Crippen molar-refractivity contribution in [2.24, 2.45) is 0 Å². The molecular formula is C16H17FN2O2. The Morgan fingerprint density at radius 2 is 2.00 bits per heavy atom. The van der Waals surface area contributed by atoms with Gasteiger partial charge in [0, 0.05) is 11.4 Å². The predicted octanol–water partition coefficient (Wildman–Crippen LogP) is 3.26. The molecule has 2 N–H and O–H groups in total. The van der Waals surface area contributed by atoms with Crippen molar-refractivity contribution in [1.82, 2.24) is 0 Å². The van der Waals surface area contributed by atoms with Gasteiger partial charge >= 0.3 is 0 Å². The molecular weight excluding hydrogens is 271 g/mol. The smallest absolute Gasteiger partial charge is 0.283 e. The van der Waals surface area contributed by atoms with Crippen LogP contribution in [0.25, 0.3) is 0 Å². The average Bonchev–Trinajstić information content (AvgIpc) is 2.73. The molecule has 0 saturated heterocycles. The minimum absolute atomic E-state index is 0.0376. The highest BCUT2D eigenvalue weighted by Gasteiger charge is 2.47. The summed E-state index contributed by atoms with van der Waals surface area (Å²) >= 11 is 0. The van der Waals surface area contributed by atoms with Gasteiger partial charge in [-0.25, -0.2) is 4.39 Å². The van der Waals surface area contributed by atoms with Crippen LogP contribution in [0, 0.1) is 0 Å². The van der Waals surface area contributed by atoms with Crippen LogP contribution in [0.3, 0.4) is 0 Å². The molecule has 2 aliphatic rings. The Balaban J connectivity index is 1.96. The molecule has 0 atom stereocenters. The standard InChI is InChI=1S/C16H17FN2O2/c1-10(17)14(20)18-11-5-6-13-12(9-11)16(15(21)19-13)7-3-2-4-8-16/h5-6,9H,1-4,7-8H2,(H,18,20)(H,19,21). The summed E-state index contributed by atoms with van der Waals surface area (Å²) in [6.07, 6.45) is 4.82. The van der Waals surface area contributed by atoms with Gasteiger partial charge in [-0.05, 0) is 36.6 Å². The van der Waals surface area contributed by atoms with Crippen LogP contribution in [0.4, 0.5) is 15.8 Å². The fourth-order valence-corrected chi connectivity index (χ4v) is 3.34. The maximum atomic E-state index is 12.8. The molecule has 2 amide bonds. The third kappa shape index (κ3) is 2.22. The lowest BCUT2D eigenvalue weighted by Crippen LogP contribution is -2.36. The van der Waals surface area contributed by atoms with Gasteiger partial charge in [0.25, 0.3) is 5.91 Å². The van der Waals surface area contributed by atoms with E-state index in [1.807, 2.05) is 0 Å². The molecule has 4 nitrogen and oxygen atoms in total. The van der Waals surface area contributed by atoms with Crippen LogP contribution in [0.15, 0.2) is 30.6 Å². The van der Waals surface area contributed by atoms with E-state index >= 15 is 0 Å². The fourth-order valence-electron chi connectivity index (χ4n) is 3.34. The van der Waals surface area contributed by atoms with Crippen molar-refractivity contribution in [3.63, 3.8) is 0 Å². The maximum absolute atomic E-state index is 12.8. The number of nitrogens with one attached hydrogen (secondary N) is 2. The first-order chi connectivity index (χ1) is 10.0. The molecule has 0 bridgehead atoms. The van der Waals surface area contributed by atoms with E-state index in [2.05, 4.69) is 17.2 Å². The predicted molar refractivity (Wildman–Crippen MR) is 78.7 cm³/mol. The van der Waals surface area contributed by atoms with Crippen LogP contribution < -0.4 is 10.6 Å². The summed E-state index contributed by atoms with van der Waals surface area (Å²) in [5.74, 6) is -1.85. The summed E-state index contributed by atoms with van der Waals surface area (Å²) in [5.41, 5.74) is 1.70. The molecule has 110 valence electrons. The minimum atomic E-state index is -1.03. The normalized spacial score (nSPS) is 19.0. The Morgan fingerprint density at radius 3 is 2.67 bits per heavy atom. The van der Waals surface area contributed by atoms with E-state index in [1.165, 1.54) is 0 Å². The number of halogens is 1. The molecule has 3 rings (SSSR count). The van der Waals surface area contributed by atoms with Gasteiger partial charge in [-0.3, -0.25) is 9.59 Å². The zero-order valence-electron chi connectivity index (χ0n) is 11.7. The van der Waals surface area contributed by atoms with Crippen molar-refractivity contribution in [3.8, 4) is 0 Å². The Hall–Kier alpha value is -2.17. The largest absolute Gasteiger partial charge is 0.325 e. The molecule has 1 aliphatic carbocycles. The van der Waals surface area contributed by atoms with Gasteiger partial charge in [0.15, 0.2) is 5.83 Å². The van der Waals surface area contributed by atoms with E-state index in [0.717, 1.165) is 43.4 Å². The lowest BCUT2D eigenvalue weighted by atomic mass is 9.70. The summed E-state index contributed by atoms with van der Waals surface area (Å²) in [6.45, 7) is 2.97. The first kappa shape index (κ1) is 13.8. The zero-order valence-corrected chi connectivity index (χ0v) is 11.7. The van der Waals surface area contributed by atoms with Gasteiger partial charge < -0.3 is 10.6 Å². The molecule has 1 spiro atoms. The van der Waals surface area contributed by atoms with Crippen molar-refractivity contribution in [2.45, 2.75) is 37.5 Å². The molecule has 0 radical (unpaired) electrons. The number of carbonyl (C=O) groups is 2. The van der Waals surface area contributed by atoms with Crippen molar-refractivity contribution in [3.05, 3.63) is 36.2 Å². The van der Waals surface area contributed by atoms with Crippen molar-refractivity contribution < 1.29 is 14.0 Å². The molecule has 1 aromatic rings. The quantitative estimate of drug-likeness (QED) is 0.821. The van der Waals surface area contributed by atoms with Crippen LogP contribution in [0.5, 0.6) is 0 Å². The van der Waals surface area contributed by atoms with Gasteiger partial charge in [0.1, 0.15) is 0 Å². The van der Waals surface area contributed by atoms with Crippen molar-refractivity contribution in [1.29, 1.82) is 0 Å². The molecule has 1 heterocycles. The third-order valence-electron chi connectivity index (χ3n) is 4.43. The number of hydrogen-bond donors (Lipinski definition) is 2. The minimum Gasteiger partial charge on any atom is -0.325 e. The Kier molecular flexibility index (Phi) is 3.27. The molecule has 1 aromatic carbocycles. The van der Waals surface area contributed by atoms with Crippen LogP contribution in [-0.2, 0) is 15.0 Å². The van der Waals surface area contributed by atoms with E-state index in [4.69, 9.17) is 0 Å². The van der Waals surface area contributed by atoms with Crippen LogP contribution in [-0.4, -0.2) is 11.8 Å². The number of fused-ring (bicyclic) bond motifs is 2. The van der Waals surface area contributed by atoms with Crippen LogP contribution in [0.1, 0.15) is 37.7 Å². The van der Waals surface area contributed by atoms with Gasteiger partial charge in [-0.15, -0.1) is 0 Å². The second kappa shape index (κ2) is 4.98. The summed E-state index contributed by atoms with van der Waals surface area (Å²) in [5, 5.41) is 5.37. The van der Waals surface area contributed by atoms with Crippen LogP contribution in [0.2, 0.25) is 0 Å². The first-order valence-electron chi connectivity index (χ1n) is 7.15. The fraction of sp³-hybridized carbons (Fsp3) is 0.375. The molecule has 1 aliphatic heterocycles. The van der Waals surface area contributed by atoms with Gasteiger partial charge in [-0.1, -0.05) is 25.8 Å². The van der Waals surface area contributed by atoms with Crippen molar-refractivity contribution in [2.75, 3.05) is 10.6 Å². The van der Waals surface area contributed by atoms with E-state index in [0.29, 0.717) is 5.69 Å². The number of carbonyl (C=O) groups excluding carboxylic acids is 2. The molecule has 21 heavy (non-hydrogen) atoms. The second-order valence-corrected chi connectivity index (χ2v) is 5.72. The highest BCUT2D eigenvalue weighted by molar-refractivity contribution is 6.07. The molecule has 0 aromatic heterocycles. The van der Waals surface area contributed by atoms with E-state index < -0.39 is 17.1 Å². The van der Waals surface area contributed by atoms with E-state index in [1.54, 1.807) is 18.2 Å². The van der Waals surface area contributed by atoms with Gasteiger partial charge in [0.2, 0.25) is 5.91 Å². The summed E-state index contributed by atoms with van der Waals surface area (Å²) in [6, 6.07) is 5.19. The molecule has 5 heteroatoms. The number of anilines is 2. The van der Waals surface area contributed by atoms with Gasteiger partial charge in [0.05, 0.1) is 5.41 Å². The Labute approximate surface area is 122 Å². The average molecular weight is 288 g/mol. The van der Waals surface area contributed by atoms with Crippen molar-refractivity contribution >= 4 is 23.2 Å². The highest BCUT2D eigenvalue weighted by atomic mass is 19.1.